The fourth-order valence-corrected chi connectivity index (χ4v) is 1.32. The third-order valence-electron chi connectivity index (χ3n) is 2.24. The molecule has 19 heavy (non-hydrogen) atoms. The molecule has 1 aromatic heterocycles. The Balaban J connectivity index is 2.16. The number of rotatable bonds is 3. The van der Waals surface area contributed by atoms with E-state index in [4.69, 9.17) is 0 Å². The Bertz CT molecular complexity index is 533. The zero-order chi connectivity index (χ0) is 14.1. The lowest BCUT2D eigenvalue weighted by molar-refractivity contribution is -0.360. The zero-order valence-electron chi connectivity index (χ0n) is 9.21. The molecule has 0 fully saturated rings. The topological polar surface area (TPSA) is 37.9 Å². The van der Waals surface area contributed by atoms with E-state index < -0.39 is 18.0 Å². The van der Waals surface area contributed by atoms with Crippen molar-refractivity contribution < 1.29 is 26.7 Å². The third kappa shape index (κ3) is 2.83. The minimum Gasteiger partial charge on any atom is -0.426 e. The Labute approximate surface area is 104 Å². The SMILES string of the molecule is FC(F)(F)C(F)(F)Oc1ccc(-c2cnc[nH]2)cc1. The van der Waals surface area contributed by atoms with Crippen LogP contribution in [0.1, 0.15) is 0 Å². The van der Waals surface area contributed by atoms with Gasteiger partial charge < -0.3 is 9.72 Å². The van der Waals surface area contributed by atoms with Crippen LogP contribution in [0.15, 0.2) is 36.8 Å². The maximum atomic E-state index is 12.6. The maximum Gasteiger partial charge on any atom is 0.499 e. The van der Waals surface area contributed by atoms with Crippen molar-refractivity contribution in [3.63, 3.8) is 0 Å². The van der Waals surface area contributed by atoms with E-state index in [0.29, 0.717) is 11.3 Å². The number of hydrogen-bond acceptors (Lipinski definition) is 2. The van der Waals surface area contributed by atoms with Crippen molar-refractivity contribution in [2.45, 2.75) is 12.3 Å². The Morgan fingerprint density at radius 2 is 1.63 bits per heavy atom. The van der Waals surface area contributed by atoms with Gasteiger partial charge in [-0.2, -0.15) is 22.0 Å². The summed E-state index contributed by atoms with van der Waals surface area (Å²) < 4.78 is 64.7. The van der Waals surface area contributed by atoms with Crippen LogP contribution in [0.5, 0.6) is 5.75 Å². The highest BCUT2D eigenvalue weighted by atomic mass is 19.4. The summed E-state index contributed by atoms with van der Waals surface area (Å²) in [6, 6.07) is 4.73. The van der Waals surface area contributed by atoms with Crippen molar-refractivity contribution >= 4 is 0 Å². The quantitative estimate of drug-likeness (QED) is 0.871. The molecule has 0 saturated carbocycles. The summed E-state index contributed by atoms with van der Waals surface area (Å²) in [6.07, 6.45) is -8.07. The molecule has 0 aliphatic carbocycles. The number of nitrogens with one attached hydrogen (secondary N) is 1. The van der Waals surface area contributed by atoms with E-state index in [1.165, 1.54) is 24.7 Å². The van der Waals surface area contributed by atoms with Gasteiger partial charge in [-0.3, -0.25) is 0 Å². The molecule has 3 nitrogen and oxygen atoms in total. The molecular weight excluding hydrogens is 271 g/mol. The first-order valence-electron chi connectivity index (χ1n) is 5.02. The average Bonchev–Trinajstić information content (AvgIpc) is 2.81. The molecule has 0 atom stereocenters. The number of halogens is 5. The second-order valence-electron chi connectivity index (χ2n) is 3.61. The van der Waals surface area contributed by atoms with E-state index in [2.05, 4.69) is 14.7 Å². The van der Waals surface area contributed by atoms with E-state index in [0.717, 1.165) is 12.1 Å². The van der Waals surface area contributed by atoms with Crippen LogP contribution in [0, 0.1) is 0 Å². The number of alkyl halides is 5. The van der Waals surface area contributed by atoms with Crippen molar-refractivity contribution in [2.75, 3.05) is 0 Å². The number of ether oxygens (including phenoxy) is 1. The second-order valence-corrected chi connectivity index (χ2v) is 3.61. The third-order valence-corrected chi connectivity index (χ3v) is 2.24. The minimum atomic E-state index is -5.75. The Morgan fingerprint density at radius 1 is 1.00 bits per heavy atom. The van der Waals surface area contributed by atoms with Crippen LogP contribution in [-0.2, 0) is 0 Å². The van der Waals surface area contributed by atoms with Gasteiger partial charge in [0, 0.05) is 0 Å². The molecule has 0 radical (unpaired) electrons. The molecule has 0 amide bonds. The monoisotopic (exact) mass is 278 g/mol. The van der Waals surface area contributed by atoms with Gasteiger partial charge in [-0.1, -0.05) is 0 Å². The fraction of sp³-hybridized carbons (Fsp3) is 0.182. The van der Waals surface area contributed by atoms with E-state index in [-0.39, 0.29) is 0 Å². The smallest absolute Gasteiger partial charge is 0.426 e. The highest BCUT2D eigenvalue weighted by molar-refractivity contribution is 5.58. The summed E-state index contributed by atoms with van der Waals surface area (Å²) in [7, 11) is 0. The number of imidazole rings is 1. The van der Waals surface area contributed by atoms with Crippen LogP contribution in [0.4, 0.5) is 22.0 Å². The van der Waals surface area contributed by atoms with Gasteiger partial charge in [0.25, 0.3) is 0 Å². The van der Waals surface area contributed by atoms with Gasteiger partial charge in [0.05, 0.1) is 18.2 Å². The van der Waals surface area contributed by atoms with Crippen LogP contribution in [0.2, 0.25) is 0 Å². The van der Waals surface area contributed by atoms with Crippen LogP contribution in [0.25, 0.3) is 11.3 Å². The zero-order valence-corrected chi connectivity index (χ0v) is 9.21. The van der Waals surface area contributed by atoms with E-state index in [1.54, 1.807) is 0 Å². The van der Waals surface area contributed by atoms with E-state index in [1.807, 2.05) is 0 Å². The predicted molar refractivity (Wildman–Crippen MR) is 55.7 cm³/mol. The summed E-state index contributed by atoms with van der Waals surface area (Å²) in [4.78, 5) is 6.52. The standard InChI is InChI=1S/C11H7F5N2O/c12-10(13,14)11(15,16)19-8-3-1-7(2-4-8)9-5-17-6-18-9/h1-6H,(H,17,18). The molecule has 2 aromatic rings. The van der Waals surface area contributed by atoms with Crippen molar-refractivity contribution in [1.29, 1.82) is 0 Å². The molecule has 1 heterocycles. The summed E-state index contributed by atoms with van der Waals surface area (Å²) in [6.45, 7) is 0. The number of aromatic amines is 1. The maximum absolute atomic E-state index is 12.6. The van der Waals surface area contributed by atoms with Crippen molar-refractivity contribution in [3.05, 3.63) is 36.8 Å². The van der Waals surface area contributed by atoms with Crippen LogP contribution < -0.4 is 4.74 Å². The highest BCUT2D eigenvalue weighted by Crippen LogP contribution is 2.37. The Morgan fingerprint density at radius 3 is 2.11 bits per heavy atom. The number of nitrogens with zero attached hydrogens (tertiary/aromatic N) is 1. The first-order valence-corrected chi connectivity index (χ1v) is 5.02. The van der Waals surface area contributed by atoms with E-state index in [9.17, 15) is 22.0 Å². The first-order chi connectivity index (χ1) is 8.79. The Kier molecular flexibility index (Phi) is 3.17. The van der Waals surface area contributed by atoms with Crippen molar-refractivity contribution in [1.82, 2.24) is 9.97 Å². The van der Waals surface area contributed by atoms with Gasteiger partial charge in [0.15, 0.2) is 0 Å². The molecular formula is C11H7F5N2O. The van der Waals surface area contributed by atoms with Gasteiger partial charge in [-0.05, 0) is 29.8 Å². The van der Waals surface area contributed by atoms with Gasteiger partial charge in [-0.15, -0.1) is 0 Å². The molecule has 1 N–H and O–H groups in total. The largest absolute Gasteiger partial charge is 0.499 e. The van der Waals surface area contributed by atoms with Crippen LogP contribution in [0.3, 0.4) is 0 Å². The highest BCUT2D eigenvalue weighted by Gasteiger charge is 2.61. The summed E-state index contributed by atoms with van der Waals surface area (Å²) in [5.41, 5.74) is 1.19. The predicted octanol–water partition coefficient (Wildman–Crippen LogP) is 3.61. The minimum absolute atomic E-state index is 0.578. The molecule has 0 spiro atoms. The lowest BCUT2D eigenvalue weighted by Gasteiger charge is -2.20. The van der Waals surface area contributed by atoms with Gasteiger partial charge in [0.2, 0.25) is 0 Å². The first kappa shape index (κ1) is 13.3. The molecule has 0 aliphatic heterocycles. The molecule has 1 aromatic carbocycles. The number of H-pyrrole nitrogens is 1. The van der Waals surface area contributed by atoms with Crippen LogP contribution in [-0.4, -0.2) is 22.3 Å². The van der Waals surface area contributed by atoms with Crippen molar-refractivity contribution in [2.24, 2.45) is 0 Å². The lowest BCUT2D eigenvalue weighted by Crippen LogP contribution is -2.41. The summed E-state index contributed by atoms with van der Waals surface area (Å²) >= 11 is 0. The summed E-state index contributed by atoms with van der Waals surface area (Å²) in [5, 5.41) is 0. The summed E-state index contributed by atoms with van der Waals surface area (Å²) in [5.74, 6) is -0.578. The average molecular weight is 278 g/mol. The second kappa shape index (κ2) is 4.52. The van der Waals surface area contributed by atoms with Crippen LogP contribution >= 0.6 is 0 Å². The van der Waals surface area contributed by atoms with Crippen molar-refractivity contribution in [3.8, 4) is 17.0 Å². The lowest BCUT2D eigenvalue weighted by atomic mass is 10.2. The molecule has 102 valence electrons. The molecule has 0 unspecified atom stereocenters. The molecule has 2 rings (SSSR count). The fourth-order valence-electron chi connectivity index (χ4n) is 1.32. The van der Waals surface area contributed by atoms with Gasteiger partial charge in [0.1, 0.15) is 5.75 Å². The molecule has 0 aliphatic rings. The van der Waals surface area contributed by atoms with Gasteiger partial charge >= 0.3 is 12.3 Å². The number of aromatic nitrogens is 2. The molecule has 8 heteroatoms. The normalized spacial score (nSPS) is 12.5. The number of benzene rings is 1. The molecule has 0 saturated heterocycles. The van der Waals surface area contributed by atoms with Gasteiger partial charge in [-0.25, -0.2) is 4.98 Å². The Hall–Kier alpha value is -2.12. The molecule has 0 bridgehead atoms. The van der Waals surface area contributed by atoms with E-state index >= 15 is 0 Å². The number of hydrogen-bond donors (Lipinski definition) is 1.